The number of hydrogen-bond acceptors (Lipinski definition) is 6. The van der Waals surface area contributed by atoms with E-state index in [1.165, 1.54) is 0 Å². The van der Waals surface area contributed by atoms with Crippen LogP contribution in [0.25, 0.3) is 10.9 Å². The first-order valence-electron chi connectivity index (χ1n) is 16.7. The summed E-state index contributed by atoms with van der Waals surface area (Å²) in [7, 11) is 1.62. The molecule has 9 heteroatoms. The highest BCUT2D eigenvalue weighted by molar-refractivity contribution is 5.96. The van der Waals surface area contributed by atoms with Crippen LogP contribution in [0.2, 0.25) is 0 Å². The second kappa shape index (κ2) is 16.3. The molecule has 1 aromatic heterocycles. The second-order valence-corrected chi connectivity index (χ2v) is 12.9. The van der Waals surface area contributed by atoms with Crippen molar-refractivity contribution in [3.05, 3.63) is 71.4 Å². The van der Waals surface area contributed by atoms with Gasteiger partial charge in [0, 0.05) is 55.8 Å². The summed E-state index contributed by atoms with van der Waals surface area (Å²) in [5.41, 5.74) is 3.04. The zero-order valence-electron chi connectivity index (χ0n) is 27.0. The summed E-state index contributed by atoms with van der Waals surface area (Å²) in [6.07, 6.45) is 4.71. The van der Waals surface area contributed by atoms with Crippen LogP contribution >= 0.6 is 0 Å². The zero-order chi connectivity index (χ0) is 32.5. The Morgan fingerprint density at radius 3 is 2.48 bits per heavy atom. The molecule has 0 bridgehead atoms. The normalized spacial score (nSPS) is 22.2. The van der Waals surface area contributed by atoms with Crippen LogP contribution in [-0.2, 0) is 30.2 Å². The van der Waals surface area contributed by atoms with E-state index in [-0.39, 0.29) is 49.1 Å². The largest absolute Gasteiger partial charge is 0.461 e. The Morgan fingerprint density at radius 1 is 0.957 bits per heavy atom. The Labute approximate surface area is 271 Å². The molecule has 2 aliphatic rings. The molecular formula is C37H47FN2O6. The van der Waals surface area contributed by atoms with Crippen molar-refractivity contribution < 1.29 is 33.0 Å². The number of methoxy groups -OCH3 is 1. The number of aromatic amines is 1. The van der Waals surface area contributed by atoms with Gasteiger partial charge in [0.05, 0.1) is 32.5 Å². The lowest BCUT2D eigenvalue weighted by molar-refractivity contribution is -0.142. The van der Waals surface area contributed by atoms with Crippen molar-refractivity contribution in [2.24, 2.45) is 17.8 Å². The Balaban J connectivity index is 1.25. The van der Waals surface area contributed by atoms with E-state index >= 15 is 0 Å². The van der Waals surface area contributed by atoms with Crippen LogP contribution in [0.3, 0.4) is 0 Å². The minimum absolute atomic E-state index is 0.0154. The summed E-state index contributed by atoms with van der Waals surface area (Å²) in [4.78, 5) is 45.6. The van der Waals surface area contributed by atoms with Crippen molar-refractivity contribution >= 4 is 28.6 Å². The molecule has 8 nitrogen and oxygen atoms in total. The number of esters is 1. The van der Waals surface area contributed by atoms with Gasteiger partial charge in [-0.1, -0.05) is 43.3 Å². The molecule has 1 saturated heterocycles. The molecule has 2 heterocycles. The number of nitrogens with one attached hydrogen (secondary N) is 1. The van der Waals surface area contributed by atoms with Crippen molar-refractivity contribution in [3.63, 3.8) is 0 Å². The van der Waals surface area contributed by atoms with Crippen molar-refractivity contribution in [1.82, 2.24) is 9.88 Å². The first-order chi connectivity index (χ1) is 22.4. The van der Waals surface area contributed by atoms with E-state index in [2.05, 4.69) is 4.98 Å². The van der Waals surface area contributed by atoms with Gasteiger partial charge in [0.1, 0.15) is 5.69 Å². The van der Waals surface area contributed by atoms with E-state index in [0.717, 1.165) is 54.1 Å². The third-order valence-corrected chi connectivity index (χ3v) is 9.79. The molecule has 46 heavy (non-hydrogen) atoms. The van der Waals surface area contributed by atoms with Crippen LogP contribution in [0.4, 0.5) is 4.39 Å². The number of amides is 1. The van der Waals surface area contributed by atoms with Gasteiger partial charge in [-0.3, -0.25) is 14.0 Å². The number of ketones is 1. The maximum atomic E-state index is 14.1. The van der Waals surface area contributed by atoms with Crippen LogP contribution in [0.15, 0.2) is 54.6 Å². The number of carbonyl (C=O) groups excluding carboxylic acids is 3. The molecule has 1 saturated carbocycles. The molecule has 1 N–H and O–H groups in total. The van der Waals surface area contributed by atoms with E-state index in [9.17, 15) is 18.8 Å². The molecule has 1 aliphatic heterocycles. The fourth-order valence-corrected chi connectivity index (χ4v) is 7.14. The van der Waals surface area contributed by atoms with E-state index in [1.807, 2.05) is 60.4 Å². The maximum Gasteiger partial charge on any atom is 0.354 e. The number of carbonyl (C=O) groups is 3. The fourth-order valence-electron chi connectivity index (χ4n) is 7.14. The Bertz CT molecular complexity index is 1450. The number of benzene rings is 2. The number of aromatic nitrogens is 1. The number of halogens is 1. The third kappa shape index (κ3) is 8.23. The topological polar surface area (TPSA) is 97.9 Å². The minimum atomic E-state index is -0.539. The average Bonchev–Trinajstić information content (AvgIpc) is 3.73. The van der Waals surface area contributed by atoms with E-state index in [0.29, 0.717) is 44.4 Å². The summed E-state index contributed by atoms with van der Waals surface area (Å²) in [6.45, 7) is 3.94. The number of H-pyrrole nitrogens is 1. The van der Waals surface area contributed by atoms with E-state index in [4.69, 9.17) is 14.2 Å². The van der Waals surface area contributed by atoms with Crippen LogP contribution in [-0.4, -0.2) is 80.3 Å². The molecule has 1 aliphatic carbocycles. The van der Waals surface area contributed by atoms with Crippen LogP contribution in [0.5, 0.6) is 0 Å². The summed E-state index contributed by atoms with van der Waals surface area (Å²) < 4.78 is 29.0. The monoisotopic (exact) mass is 634 g/mol. The van der Waals surface area contributed by atoms with Gasteiger partial charge < -0.3 is 24.1 Å². The molecule has 5 rings (SSSR count). The third-order valence-electron chi connectivity index (χ3n) is 9.79. The summed E-state index contributed by atoms with van der Waals surface area (Å²) >= 11 is 0. The second-order valence-electron chi connectivity index (χ2n) is 12.9. The lowest BCUT2D eigenvalue weighted by Gasteiger charge is -2.35. The maximum absolute atomic E-state index is 14.1. The molecule has 2 fully saturated rings. The number of nitrogens with zero attached hydrogens (tertiary/aromatic N) is 1. The van der Waals surface area contributed by atoms with Gasteiger partial charge in [0.15, 0.2) is 5.78 Å². The van der Waals surface area contributed by atoms with Gasteiger partial charge in [0.25, 0.3) is 0 Å². The first-order valence-corrected chi connectivity index (χ1v) is 16.7. The number of fused-ring (bicyclic) bond motifs is 1. The Morgan fingerprint density at radius 2 is 1.74 bits per heavy atom. The number of Topliss-reactive ketones (excluding diaryl/α,β-unsaturated/α-hetero) is 1. The highest BCUT2D eigenvalue weighted by atomic mass is 19.1. The zero-order valence-corrected chi connectivity index (χ0v) is 27.0. The Hall–Kier alpha value is -3.56. The van der Waals surface area contributed by atoms with Crippen molar-refractivity contribution in [1.29, 1.82) is 0 Å². The predicted octanol–water partition coefficient (Wildman–Crippen LogP) is 6.29. The van der Waals surface area contributed by atoms with Gasteiger partial charge in [-0.25, -0.2) is 4.79 Å². The summed E-state index contributed by atoms with van der Waals surface area (Å²) in [5, 5.41) is 0.818. The Kier molecular flexibility index (Phi) is 12.0. The molecular weight excluding hydrogens is 587 g/mol. The molecule has 3 atom stereocenters. The van der Waals surface area contributed by atoms with Crippen LogP contribution < -0.4 is 0 Å². The van der Waals surface area contributed by atoms with E-state index < -0.39 is 12.0 Å². The van der Waals surface area contributed by atoms with Crippen molar-refractivity contribution in [3.8, 4) is 0 Å². The predicted molar refractivity (Wildman–Crippen MR) is 174 cm³/mol. The molecule has 248 valence electrons. The number of rotatable bonds is 15. The lowest BCUT2D eigenvalue weighted by atomic mass is 9.76. The number of likely N-dealkylation sites (tertiary alicyclic amines) is 1. The summed E-state index contributed by atoms with van der Waals surface area (Å²) in [5.74, 6) is -0.206. The SMILES string of the molecule is COCCOCCCOC(=O)c1cc2cc(CC(=O)[C@@H]3[C@@H](c4ccccc4)CCN3C(=O)C3CCC([C@H](C)CF)CC3)ccc2[nH]1. The van der Waals surface area contributed by atoms with Crippen molar-refractivity contribution in [2.45, 2.75) is 63.8 Å². The smallest absolute Gasteiger partial charge is 0.354 e. The van der Waals surface area contributed by atoms with Crippen LogP contribution in [0, 0.1) is 17.8 Å². The molecule has 3 aromatic rings. The number of alkyl halides is 1. The van der Waals surface area contributed by atoms with Crippen molar-refractivity contribution in [2.75, 3.05) is 46.8 Å². The molecule has 1 amide bonds. The highest BCUT2D eigenvalue weighted by Gasteiger charge is 2.44. The summed E-state index contributed by atoms with van der Waals surface area (Å²) in [6, 6.07) is 16.9. The molecule has 0 unspecified atom stereocenters. The van der Waals surface area contributed by atoms with Gasteiger partial charge in [-0.05, 0) is 73.3 Å². The first kappa shape index (κ1) is 33.8. The quantitative estimate of drug-likeness (QED) is 0.156. The van der Waals surface area contributed by atoms with Gasteiger partial charge in [-0.15, -0.1) is 0 Å². The lowest BCUT2D eigenvalue weighted by Crippen LogP contribution is -2.46. The average molecular weight is 635 g/mol. The van der Waals surface area contributed by atoms with Crippen LogP contribution in [0.1, 0.15) is 73.0 Å². The van der Waals surface area contributed by atoms with Gasteiger partial charge >= 0.3 is 5.97 Å². The molecule has 2 aromatic carbocycles. The molecule has 0 radical (unpaired) electrons. The number of hydrogen-bond donors (Lipinski definition) is 1. The fraction of sp³-hybridized carbons (Fsp3) is 0.541. The number of ether oxygens (including phenoxy) is 3. The van der Waals surface area contributed by atoms with E-state index in [1.54, 1.807) is 13.2 Å². The molecule has 0 spiro atoms. The van der Waals surface area contributed by atoms with Gasteiger partial charge in [0.2, 0.25) is 5.91 Å². The van der Waals surface area contributed by atoms with Gasteiger partial charge in [-0.2, -0.15) is 0 Å². The minimum Gasteiger partial charge on any atom is -0.461 e. The highest BCUT2D eigenvalue weighted by Crippen LogP contribution is 2.39. The standard InChI is InChI=1S/C37H47FN2O6/c1-25(24-38)27-10-12-29(13-11-27)36(42)40-16-15-31(28-7-4-3-5-8-28)35(40)34(41)22-26-9-14-32-30(21-26)23-33(39-32)37(43)46-18-6-17-45-20-19-44-2/h3-5,7-9,14,21,23,25,27,29,31,35,39H,6,10-13,15-20,22,24H2,1-2H3/t25-,27?,29?,31-,35+/m1/s1.